The number of nitrogens with zero attached hydrogens (tertiary/aromatic N) is 1. The molecule has 1 aliphatic heterocycles. The molecule has 0 saturated carbocycles. The molecule has 0 bridgehead atoms. The SMILES string of the molecule is O=C1OCCN1c1ccc(NS(=O)(=O)c2ccc(Br)cc2)cc1. The van der Waals surface area contributed by atoms with E-state index in [0.29, 0.717) is 24.5 Å². The van der Waals surface area contributed by atoms with E-state index in [1.807, 2.05) is 0 Å². The Morgan fingerprint density at radius 1 is 1.04 bits per heavy atom. The van der Waals surface area contributed by atoms with Crippen LogP contribution in [0.4, 0.5) is 16.2 Å². The maximum atomic E-state index is 12.3. The van der Waals surface area contributed by atoms with Gasteiger partial charge in [-0.2, -0.15) is 0 Å². The van der Waals surface area contributed by atoms with Crippen molar-refractivity contribution in [2.24, 2.45) is 0 Å². The van der Waals surface area contributed by atoms with E-state index in [1.165, 1.54) is 17.0 Å². The predicted molar refractivity (Wildman–Crippen MR) is 90.1 cm³/mol. The molecule has 0 atom stereocenters. The Morgan fingerprint density at radius 3 is 2.26 bits per heavy atom. The number of halogens is 1. The third-order valence-corrected chi connectivity index (χ3v) is 5.24. The van der Waals surface area contributed by atoms with Crippen LogP contribution in [0.25, 0.3) is 0 Å². The van der Waals surface area contributed by atoms with Gasteiger partial charge in [0.25, 0.3) is 10.0 Å². The fourth-order valence-corrected chi connectivity index (χ4v) is 3.49. The molecule has 0 aromatic heterocycles. The van der Waals surface area contributed by atoms with Crippen LogP contribution in [0.15, 0.2) is 57.9 Å². The van der Waals surface area contributed by atoms with E-state index in [0.717, 1.165) is 4.47 Å². The van der Waals surface area contributed by atoms with Crippen molar-refractivity contribution in [1.29, 1.82) is 0 Å². The Hall–Kier alpha value is -2.06. The lowest BCUT2D eigenvalue weighted by Crippen LogP contribution is -2.23. The smallest absolute Gasteiger partial charge is 0.414 e. The van der Waals surface area contributed by atoms with Gasteiger partial charge in [0.05, 0.1) is 11.4 Å². The predicted octanol–water partition coefficient (Wildman–Crippen LogP) is 3.21. The first-order valence-corrected chi connectivity index (χ1v) is 9.06. The van der Waals surface area contributed by atoms with E-state index in [4.69, 9.17) is 4.74 Å². The van der Waals surface area contributed by atoms with E-state index in [1.54, 1.807) is 36.4 Å². The van der Waals surface area contributed by atoms with Crippen LogP contribution in [0.1, 0.15) is 0 Å². The highest BCUT2D eigenvalue weighted by Gasteiger charge is 2.23. The third-order valence-electron chi connectivity index (χ3n) is 3.32. The molecule has 1 aliphatic rings. The summed E-state index contributed by atoms with van der Waals surface area (Å²) in [6.07, 6.45) is -0.395. The van der Waals surface area contributed by atoms with Gasteiger partial charge in [0, 0.05) is 15.8 Å². The Kier molecular flexibility index (Phi) is 4.27. The molecule has 8 heteroatoms. The summed E-state index contributed by atoms with van der Waals surface area (Å²) in [5.74, 6) is 0. The molecule has 0 aliphatic carbocycles. The summed E-state index contributed by atoms with van der Waals surface area (Å²) in [7, 11) is -3.65. The number of ether oxygens (including phenoxy) is 1. The summed E-state index contributed by atoms with van der Waals surface area (Å²) < 4.78 is 32.8. The quantitative estimate of drug-likeness (QED) is 0.860. The van der Waals surface area contributed by atoms with Crippen LogP contribution >= 0.6 is 15.9 Å². The summed E-state index contributed by atoms with van der Waals surface area (Å²) in [4.78, 5) is 13.2. The first-order chi connectivity index (χ1) is 11.0. The van der Waals surface area contributed by atoms with Crippen LogP contribution in [0.2, 0.25) is 0 Å². The van der Waals surface area contributed by atoms with Crippen molar-refractivity contribution < 1.29 is 17.9 Å². The number of amides is 1. The van der Waals surface area contributed by atoms with Gasteiger partial charge in [-0.3, -0.25) is 9.62 Å². The molecule has 2 aromatic rings. The number of anilines is 2. The largest absolute Gasteiger partial charge is 0.447 e. The second-order valence-electron chi connectivity index (χ2n) is 4.87. The number of nitrogens with one attached hydrogen (secondary N) is 1. The third kappa shape index (κ3) is 3.48. The van der Waals surface area contributed by atoms with Crippen molar-refractivity contribution in [3.05, 3.63) is 53.0 Å². The highest BCUT2D eigenvalue weighted by molar-refractivity contribution is 9.10. The summed E-state index contributed by atoms with van der Waals surface area (Å²) in [6.45, 7) is 0.847. The van der Waals surface area contributed by atoms with Gasteiger partial charge in [0.15, 0.2) is 0 Å². The number of benzene rings is 2. The monoisotopic (exact) mass is 396 g/mol. The molecule has 0 radical (unpaired) electrons. The molecule has 0 unspecified atom stereocenters. The number of cyclic esters (lactones) is 1. The molecule has 1 heterocycles. The van der Waals surface area contributed by atoms with Gasteiger partial charge in [-0.15, -0.1) is 0 Å². The van der Waals surface area contributed by atoms with Crippen molar-refractivity contribution in [1.82, 2.24) is 0 Å². The standard InChI is InChI=1S/C15H13BrN2O4S/c16-11-1-7-14(8-2-11)23(20,21)17-12-3-5-13(6-4-12)18-9-10-22-15(18)19/h1-8,17H,9-10H2. The summed E-state index contributed by atoms with van der Waals surface area (Å²) in [6, 6.07) is 12.9. The van der Waals surface area contributed by atoms with Crippen LogP contribution in [0.3, 0.4) is 0 Å². The average molecular weight is 397 g/mol. The Balaban J connectivity index is 1.77. The highest BCUT2D eigenvalue weighted by Crippen LogP contribution is 2.23. The zero-order valence-electron chi connectivity index (χ0n) is 11.9. The number of sulfonamides is 1. The fourth-order valence-electron chi connectivity index (χ4n) is 2.17. The van der Waals surface area contributed by atoms with E-state index < -0.39 is 16.1 Å². The normalized spacial score (nSPS) is 14.7. The molecule has 23 heavy (non-hydrogen) atoms. The Labute approximate surface area is 142 Å². The van der Waals surface area contributed by atoms with Gasteiger partial charge in [0.2, 0.25) is 0 Å². The molecule has 2 aromatic carbocycles. The van der Waals surface area contributed by atoms with Crippen LogP contribution in [-0.2, 0) is 14.8 Å². The molecule has 0 spiro atoms. The molecular formula is C15H13BrN2O4S. The van der Waals surface area contributed by atoms with E-state index in [2.05, 4.69) is 20.7 Å². The van der Waals surface area contributed by atoms with Crippen LogP contribution in [-0.4, -0.2) is 27.7 Å². The molecule has 1 saturated heterocycles. The second kappa shape index (κ2) is 6.21. The van der Waals surface area contributed by atoms with E-state index in [9.17, 15) is 13.2 Å². The number of hydrogen-bond donors (Lipinski definition) is 1. The zero-order valence-corrected chi connectivity index (χ0v) is 14.3. The molecule has 1 fully saturated rings. The van der Waals surface area contributed by atoms with Crippen LogP contribution in [0, 0.1) is 0 Å². The maximum Gasteiger partial charge on any atom is 0.414 e. The zero-order chi connectivity index (χ0) is 16.4. The average Bonchev–Trinajstić information content (AvgIpc) is 2.94. The second-order valence-corrected chi connectivity index (χ2v) is 7.47. The number of carbonyl (C=O) groups is 1. The Morgan fingerprint density at radius 2 is 1.70 bits per heavy atom. The van der Waals surface area contributed by atoms with Gasteiger partial charge in [0.1, 0.15) is 6.61 Å². The van der Waals surface area contributed by atoms with Crippen molar-refractivity contribution in [2.45, 2.75) is 4.90 Å². The lowest BCUT2D eigenvalue weighted by molar-refractivity contribution is 0.181. The van der Waals surface area contributed by atoms with E-state index >= 15 is 0 Å². The topological polar surface area (TPSA) is 75.7 Å². The van der Waals surface area contributed by atoms with Crippen molar-refractivity contribution >= 4 is 43.4 Å². The fraction of sp³-hybridized carbons (Fsp3) is 0.133. The molecular weight excluding hydrogens is 384 g/mol. The van der Waals surface area contributed by atoms with Gasteiger partial charge in [-0.1, -0.05) is 15.9 Å². The molecule has 6 nitrogen and oxygen atoms in total. The van der Waals surface area contributed by atoms with Crippen molar-refractivity contribution in [3.63, 3.8) is 0 Å². The van der Waals surface area contributed by atoms with E-state index in [-0.39, 0.29) is 4.90 Å². The van der Waals surface area contributed by atoms with Crippen LogP contribution < -0.4 is 9.62 Å². The molecule has 1 N–H and O–H groups in total. The lowest BCUT2D eigenvalue weighted by atomic mass is 10.2. The maximum absolute atomic E-state index is 12.3. The van der Waals surface area contributed by atoms with Gasteiger partial charge in [-0.25, -0.2) is 13.2 Å². The number of carbonyl (C=O) groups excluding carboxylic acids is 1. The lowest BCUT2D eigenvalue weighted by Gasteiger charge is -2.14. The summed E-state index contributed by atoms with van der Waals surface area (Å²) in [5, 5.41) is 0. The van der Waals surface area contributed by atoms with Crippen molar-refractivity contribution in [3.8, 4) is 0 Å². The summed E-state index contributed by atoms with van der Waals surface area (Å²) >= 11 is 3.27. The minimum atomic E-state index is -3.65. The Bertz CT molecular complexity index is 820. The van der Waals surface area contributed by atoms with Gasteiger partial charge < -0.3 is 4.74 Å². The van der Waals surface area contributed by atoms with Crippen molar-refractivity contribution in [2.75, 3.05) is 22.8 Å². The van der Waals surface area contributed by atoms with Gasteiger partial charge in [-0.05, 0) is 48.5 Å². The minimum Gasteiger partial charge on any atom is -0.447 e. The number of rotatable bonds is 4. The molecule has 1 amide bonds. The first kappa shape index (κ1) is 15.8. The minimum absolute atomic E-state index is 0.174. The highest BCUT2D eigenvalue weighted by atomic mass is 79.9. The first-order valence-electron chi connectivity index (χ1n) is 6.78. The number of hydrogen-bond acceptors (Lipinski definition) is 4. The molecule has 3 rings (SSSR count). The van der Waals surface area contributed by atoms with Crippen LogP contribution in [0.5, 0.6) is 0 Å². The molecule has 120 valence electrons. The summed E-state index contributed by atoms with van der Waals surface area (Å²) in [5.41, 5.74) is 1.09. The van der Waals surface area contributed by atoms with Gasteiger partial charge >= 0.3 is 6.09 Å².